The van der Waals surface area contributed by atoms with Gasteiger partial charge in [0.2, 0.25) is 11.8 Å². The molecule has 7 rings (SSSR count). The van der Waals surface area contributed by atoms with Crippen molar-refractivity contribution in [2.24, 2.45) is 0 Å². The van der Waals surface area contributed by atoms with Crippen molar-refractivity contribution in [1.29, 1.82) is 0 Å². The van der Waals surface area contributed by atoms with Crippen LogP contribution in [0.4, 0.5) is 17.1 Å². The molecule has 0 bridgehead atoms. The molecule has 43 heavy (non-hydrogen) atoms. The van der Waals surface area contributed by atoms with E-state index in [1.165, 1.54) is 18.2 Å². The lowest BCUT2D eigenvalue weighted by atomic mass is 9.87. The van der Waals surface area contributed by atoms with Crippen molar-refractivity contribution >= 4 is 28.9 Å². The van der Waals surface area contributed by atoms with Crippen molar-refractivity contribution in [3.8, 4) is 23.0 Å². The molecule has 2 amide bonds. The number of nitro groups is 1. The summed E-state index contributed by atoms with van der Waals surface area (Å²) in [6.45, 7) is 0. The van der Waals surface area contributed by atoms with Crippen LogP contribution in [0.2, 0.25) is 0 Å². The molecule has 0 atom stereocenters. The van der Waals surface area contributed by atoms with Crippen LogP contribution in [0.15, 0.2) is 115 Å². The summed E-state index contributed by atoms with van der Waals surface area (Å²) in [7, 11) is 0. The molecule has 5 aromatic carbocycles. The Morgan fingerprint density at radius 3 is 1.40 bits per heavy atom. The van der Waals surface area contributed by atoms with Gasteiger partial charge in [0.1, 0.15) is 28.7 Å². The van der Waals surface area contributed by atoms with Crippen LogP contribution in [0, 0.1) is 10.1 Å². The second-order valence-corrected chi connectivity index (χ2v) is 10.2. The Hall–Kier alpha value is -5.96. The van der Waals surface area contributed by atoms with E-state index in [9.17, 15) is 19.7 Å². The smallest absolute Gasteiger partial charge is 0.292 e. The van der Waals surface area contributed by atoms with Crippen molar-refractivity contribution < 1.29 is 24.0 Å². The van der Waals surface area contributed by atoms with Gasteiger partial charge in [0.15, 0.2) is 0 Å². The lowest BCUT2D eigenvalue weighted by molar-refractivity contribution is -0.383. The van der Waals surface area contributed by atoms with Gasteiger partial charge in [0, 0.05) is 34.0 Å². The zero-order valence-corrected chi connectivity index (χ0v) is 22.5. The third-order valence-electron chi connectivity index (χ3n) is 7.60. The third kappa shape index (κ3) is 4.62. The van der Waals surface area contributed by atoms with E-state index >= 15 is 0 Å². The lowest BCUT2D eigenvalue weighted by Gasteiger charge is -2.28. The largest absolute Gasteiger partial charge is 0.457 e. The molecule has 0 radical (unpaired) electrons. The van der Waals surface area contributed by atoms with Crippen molar-refractivity contribution in [2.75, 3.05) is 10.6 Å². The summed E-state index contributed by atoms with van der Waals surface area (Å²) in [6, 6.07) is 33.1. The highest BCUT2D eigenvalue weighted by Crippen LogP contribution is 2.46. The lowest BCUT2D eigenvalue weighted by Crippen LogP contribution is -2.26. The van der Waals surface area contributed by atoms with E-state index in [-0.39, 0.29) is 17.3 Å². The minimum atomic E-state index is -0.769. The summed E-state index contributed by atoms with van der Waals surface area (Å²) < 4.78 is 12.0. The Morgan fingerprint density at radius 1 is 0.581 bits per heavy atom. The van der Waals surface area contributed by atoms with Crippen LogP contribution in [0.5, 0.6) is 23.0 Å². The number of carbonyl (C=O) groups excluding carboxylic acids is 2. The summed E-state index contributed by atoms with van der Waals surface area (Å²) in [6.07, 6.45) is 0. The molecule has 0 saturated carbocycles. The fourth-order valence-corrected chi connectivity index (χ4v) is 5.68. The number of carbonyl (C=O) groups is 2. The molecular weight excluding hydrogens is 546 g/mol. The van der Waals surface area contributed by atoms with Gasteiger partial charge in [0.25, 0.3) is 5.69 Å². The van der Waals surface area contributed by atoms with Gasteiger partial charge in [-0.25, -0.2) is 0 Å². The van der Waals surface area contributed by atoms with Crippen molar-refractivity contribution in [3.63, 3.8) is 0 Å². The Kier molecular flexibility index (Phi) is 6.32. The molecule has 9 heteroatoms. The number of benzene rings is 5. The van der Waals surface area contributed by atoms with E-state index in [1.54, 1.807) is 36.4 Å². The first kappa shape index (κ1) is 26.0. The van der Waals surface area contributed by atoms with Crippen LogP contribution in [0.1, 0.15) is 34.1 Å². The van der Waals surface area contributed by atoms with Crippen LogP contribution in [-0.4, -0.2) is 16.7 Å². The number of nitrogens with zero attached hydrogens (tertiary/aromatic N) is 1. The number of nitro benzene ring substituents is 1. The van der Waals surface area contributed by atoms with E-state index in [1.807, 2.05) is 60.7 Å². The summed E-state index contributed by atoms with van der Waals surface area (Å²) >= 11 is 0. The minimum absolute atomic E-state index is 0.0398. The van der Waals surface area contributed by atoms with Gasteiger partial charge in [-0.2, -0.15) is 0 Å². The molecule has 0 saturated heterocycles. The molecule has 0 aliphatic carbocycles. The van der Waals surface area contributed by atoms with Crippen molar-refractivity contribution in [2.45, 2.75) is 11.8 Å². The number of rotatable bonds is 5. The average Bonchev–Trinajstić information content (AvgIpc) is 3.02. The number of anilines is 2. The first-order valence-electron chi connectivity index (χ1n) is 13.6. The highest BCUT2D eigenvalue weighted by atomic mass is 16.6. The molecule has 0 spiro atoms. The molecule has 2 heterocycles. The second-order valence-electron chi connectivity index (χ2n) is 10.2. The van der Waals surface area contributed by atoms with Crippen molar-refractivity contribution in [3.05, 3.63) is 148 Å². The highest BCUT2D eigenvalue weighted by molar-refractivity contribution is 6.03. The number of nitrogens with one attached hydrogen (secondary N) is 2. The van der Waals surface area contributed by atoms with Gasteiger partial charge in [-0.15, -0.1) is 0 Å². The molecule has 9 nitrogen and oxygen atoms in total. The van der Waals surface area contributed by atoms with E-state index < -0.39 is 22.7 Å². The molecule has 2 N–H and O–H groups in total. The van der Waals surface area contributed by atoms with E-state index in [4.69, 9.17) is 9.47 Å². The molecule has 210 valence electrons. The topological polar surface area (TPSA) is 120 Å². The standard InChI is InChI=1S/C34H23N3O6/c38-33(31-21-9-1-5-13-27(21)42-28-14-6-2-10-22(28)31)35-20-17-18-26(37(40)41)25(19-20)36-34(39)32-23-11-3-7-15-29(23)43-30-16-8-4-12-24(30)32/h1-19,31-32H,(H,35,38)(H,36,39). The Morgan fingerprint density at radius 2 is 0.977 bits per heavy atom. The molecule has 0 fully saturated rings. The zero-order chi connectivity index (χ0) is 29.5. The quantitative estimate of drug-likeness (QED) is 0.169. The van der Waals surface area contributed by atoms with Gasteiger partial charge >= 0.3 is 0 Å². The molecule has 0 unspecified atom stereocenters. The Balaban J connectivity index is 1.22. The van der Waals surface area contributed by atoms with Gasteiger partial charge in [-0.1, -0.05) is 72.8 Å². The predicted molar refractivity (Wildman–Crippen MR) is 160 cm³/mol. The number of fused-ring (bicyclic) bond motifs is 4. The monoisotopic (exact) mass is 569 g/mol. The highest BCUT2D eigenvalue weighted by Gasteiger charge is 2.35. The van der Waals surface area contributed by atoms with Gasteiger partial charge in [0.05, 0.1) is 16.8 Å². The summed E-state index contributed by atoms with van der Waals surface area (Å²) in [4.78, 5) is 39.0. The number of hydrogen-bond acceptors (Lipinski definition) is 6. The molecule has 5 aromatic rings. The van der Waals surface area contributed by atoms with Crippen molar-refractivity contribution in [1.82, 2.24) is 0 Å². The fraction of sp³-hybridized carbons (Fsp3) is 0.0588. The first-order chi connectivity index (χ1) is 21.0. The fourth-order valence-electron chi connectivity index (χ4n) is 5.68. The summed E-state index contributed by atoms with van der Waals surface area (Å²) in [5, 5.41) is 17.6. The normalized spacial score (nSPS) is 13.2. The van der Waals surface area contributed by atoms with Crippen LogP contribution in [-0.2, 0) is 9.59 Å². The number of ether oxygens (including phenoxy) is 2. The van der Waals surface area contributed by atoms with Gasteiger partial charge < -0.3 is 20.1 Å². The molecule has 2 aliphatic rings. The summed E-state index contributed by atoms with van der Waals surface area (Å²) in [5.74, 6) is -0.0321. The average molecular weight is 570 g/mol. The maximum absolute atomic E-state index is 13.8. The third-order valence-corrected chi connectivity index (χ3v) is 7.60. The first-order valence-corrected chi connectivity index (χ1v) is 13.6. The van der Waals surface area contributed by atoms with E-state index in [0.29, 0.717) is 50.9 Å². The van der Waals surface area contributed by atoms with Gasteiger partial charge in [-0.3, -0.25) is 19.7 Å². The summed E-state index contributed by atoms with van der Waals surface area (Å²) in [5.41, 5.74) is 2.63. The van der Waals surface area contributed by atoms with Crippen LogP contribution >= 0.6 is 0 Å². The van der Waals surface area contributed by atoms with Crippen LogP contribution < -0.4 is 20.1 Å². The van der Waals surface area contributed by atoms with Crippen LogP contribution in [0.25, 0.3) is 0 Å². The molecule has 2 aliphatic heterocycles. The van der Waals surface area contributed by atoms with E-state index in [2.05, 4.69) is 10.6 Å². The molecular formula is C34H23N3O6. The predicted octanol–water partition coefficient (Wildman–Crippen LogP) is 7.35. The Bertz CT molecular complexity index is 1850. The maximum Gasteiger partial charge on any atom is 0.292 e. The number of para-hydroxylation sites is 4. The second kappa shape index (κ2) is 10.5. The SMILES string of the molecule is O=C(Nc1ccc([N+](=O)[O-])c(NC(=O)C2c3ccccc3Oc3ccccc32)c1)C1c2ccccc2Oc2ccccc21. The maximum atomic E-state index is 13.8. The zero-order valence-electron chi connectivity index (χ0n) is 22.5. The van der Waals surface area contributed by atoms with Crippen LogP contribution in [0.3, 0.4) is 0 Å². The number of hydrogen-bond donors (Lipinski definition) is 2. The number of amides is 2. The minimum Gasteiger partial charge on any atom is -0.457 e. The molecule has 0 aromatic heterocycles. The Labute approximate surface area is 245 Å². The van der Waals surface area contributed by atoms with Gasteiger partial charge in [-0.05, 0) is 36.4 Å². The van der Waals surface area contributed by atoms with E-state index in [0.717, 1.165) is 0 Å².